The third kappa shape index (κ3) is 5.03. The lowest BCUT2D eigenvalue weighted by Gasteiger charge is -2.32. The molecule has 2 N–H and O–H groups in total. The molecule has 0 saturated heterocycles. The minimum atomic E-state index is -1.39. The molecule has 0 aliphatic heterocycles. The Morgan fingerprint density at radius 2 is 1.26 bits per heavy atom. The molecular weight excluding hydrogens is 243 g/mol. The van der Waals surface area contributed by atoms with Gasteiger partial charge in [-0.05, 0) is 43.4 Å². The molecule has 2 aliphatic carbocycles. The summed E-state index contributed by atoms with van der Waals surface area (Å²) in [6.07, 6.45) is 11.4. The van der Waals surface area contributed by atoms with Crippen LogP contribution in [0.25, 0.3) is 0 Å². The van der Waals surface area contributed by atoms with E-state index < -0.39 is 5.79 Å². The van der Waals surface area contributed by atoms with E-state index >= 15 is 0 Å². The first-order valence-electron chi connectivity index (χ1n) is 8.10. The zero-order chi connectivity index (χ0) is 13.7. The standard InChI is InChI=1S/C16H29FO2/c17-12-15-6-4-13(5-7-15)2-1-3-14-8-10-16(18,19)11-9-14/h13-15,18-19H,1-12H2. The van der Waals surface area contributed by atoms with Crippen LogP contribution < -0.4 is 0 Å². The maximum Gasteiger partial charge on any atom is 0.162 e. The fraction of sp³-hybridized carbons (Fsp3) is 1.00. The van der Waals surface area contributed by atoms with Gasteiger partial charge in [-0.3, -0.25) is 4.39 Å². The molecule has 3 heteroatoms. The average Bonchev–Trinajstić information content (AvgIpc) is 2.41. The molecule has 112 valence electrons. The molecule has 19 heavy (non-hydrogen) atoms. The first kappa shape index (κ1) is 15.2. The van der Waals surface area contributed by atoms with Gasteiger partial charge >= 0.3 is 0 Å². The summed E-state index contributed by atoms with van der Waals surface area (Å²) in [5.41, 5.74) is 0. The quantitative estimate of drug-likeness (QED) is 0.747. The molecule has 2 nitrogen and oxygen atoms in total. The Bertz CT molecular complexity index is 249. The van der Waals surface area contributed by atoms with Crippen LogP contribution >= 0.6 is 0 Å². The number of rotatable bonds is 5. The number of halogens is 1. The molecule has 0 heterocycles. The predicted octanol–water partition coefficient (Wildman–Crippen LogP) is 3.80. The second-order valence-electron chi connectivity index (χ2n) is 6.90. The van der Waals surface area contributed by atoms with Crippen molar-refractivity contribution in [3.8, 4) is 0 Å². The van der Waals surface area contributed by atoms with E-state index in [0.717, 1.165) is 31.6 Å². The summed E-state index contributed by atoms with van der Waals surface area (Å²) in [4.78, 5) is 0. The Morgan fingerprint density at radius 3 is 1.79 bits per heavy atom. The number of hydrogen-bond acceptors (Lipinski definition) is 2. The molecule has 2 aliphatic rings. The molecule has 0 amide bonds. The Morgan fingerprint density at radius 1 is 0.789 bits per heavy atom. The molecular formula is C16H29FO2. The lowest BCUT2D eigenvalue weighted by molar-refractivity contribution is -0.186. The van der Waals surface area contributed by atoms with E-state index in [9.17, 15) is 14.6 Å². The van der Waals surface area contributed by atoms with Crippen LogP contribution in [0, 0.1) is 17.8 Å². The normalized spacial score (nSPS) is 32.4. The first-order valence-corrected chi connectivity index (χ1v) is 8.10. The van der Waals surface area contributed by atoms with Crippen molar-refractivity contribution < 1.29 is 14.6 Å². The Kier molecular flexibility index (Phi) is 5.64. The minimum absolute atomic E-state index is 0.126. The highest BCUT2D eigenvalue weighted by Gasteiger charge is 2.30. The van der Waals surface area contributed by atoms with Crippen molar-refractivity contribution in [1.82, 2.24) is 0 Å². The first-order chi connectivity index (χ1) is 9.09. The Labute approximate surface area is 116 Å². The molecule has 0 unspecified atom stereocenters. The molecule has 0 spiro atoms. The van der Waals surface area contributed by atoms with Crippen molar-refractivity contribution in [2.45, 2.75) is 76.4 Å². The summed E-state index contributed by atoms with van der Waals surface area (Å²) >= 11 is 0. The van der Waals surface area contributed by atoms with Gasteiger partial charge in [-0.15, -0.1) is 0 Å². The van der Waals surface area contributed by atoms with E-state index in [2.05, 4.69) is 0 Å². The fourth-order valence-electron chi connectivity index (χ4n) is 3.80. The average molecular weight is 272 g/mol. The van der Waals surface area contributed by atoms with Crippen molar-refractivity contribution in [2.75, 3.05) is 6.67 Å². The number of aliphatic hydroxyl groups is 2. The van der Waals surface area contributed by atoms with Gasteiger partial charge in [0.15, 0.2) is 5.79 Å². The van der Waals surface area contributed by atoms with Crippen molar-refractivity contribution >= 4 is 0 Å². The van der Waals surface area contributed by atoms with E-state index in [1.165, 1.54) is 32.1 Å². The van der Waals surface area contributed by atoms with E-state index in [4.69, 9.17) is 0 Å². The Hall–Kier alpha value is -0.150. The highest BCUT2D eigenvalue weighted by molar-refractivity contribution is 4.77. The van der Waals surface area contributed by atoms with Gasteiger partial charge in [0.1, 0.15) is 0 Å². The SMILES string of the molecule is OC1(O)CCC(CCCC2CCC(CF)CC2)CC1. The smallest absolute Gasteiger partial charge is 0.162 e. The maximum atomic E-state index is 12.5. The van der Waals surface area contributed by atoms with Crippen LogP contribution in [0.2, 0.25) is 0 Å². The molecule has 0 aromatic rings. The molecule has 0 bridgehead atoms. The van der Waals surface area contributed by atoms with Crippen LogP contribution in [0.4, 0.5) is 4.39 Å². The summed E-state index contributed by atoms with van der Waals surface area (Å²) in [7, 11) is 0. The van der Waals surface area contributed by atoms with E-state index in [0.29, 0.717) is 24.7 Å². The van der Waals surface area contributed by atoms with Gasteiger partial charge in [-0.1, -0.05) is 32.1 Å². The van der Waals surface area contributed by atoms with Gasteiger partial charge in [0.05, 0.1) is 6.67 Å². The summed E-state index contributed by atoms with van der Waals surface area (Å²) < 4.78 is 12.5. The third-order valence-electron chi connectivity index (χ3n) is 5.32. The molecule has 2 rings (SSSR count). The fourth-order valence-corrected chi connectivity index (χ4v) is 3.80. The summed E-state index contributed by atoms with van der Waals surface area (Å²) in [5, 5.41) is 19.0. The van der Waals surface area contributed by atoms with Gasteiger partial charge in [0.2, 0.25) is 0 Å². The van der Waals surface area contributed by atoms with E-state index in [-0.39, 0.29) is 6.67 Å². The second-order valence-corrected chi connectivity index (χ2v) is 6.90. The third-order valence-corrected chi connectivity index (χ3v) is 5.32. The topological polar surface area (TPSA) is 40.5 Å². The van der Waals surface area contributed by atoms with Crippen molar-refractivity contribution in [3.05, 3.63) is 0 Å². The second kappa shape index (κ2) is 7.03. The summed E-state index contributed by atoms with van der Waals surface area (Å²) in [6, 6.07) is 0. The molecule has 0 aromatic carbocycles. The summed E-state index contributed by atoms with van der Waals surface area (Å²) in [6.45, 7) is -0.126. The largest absolute Gasteiger partial charge is 0.366 e. The monoisotopic (exact) mass is 272 g/mol. The van der Waals surface area contributed by atoms with Gasteiger partial charge < -0.3 is 10.2 Å². The summed E-state index contributed by atoms with van der Waals surface area (Å²) in [5.74, 6) is 0.467. The van der Waals surface area contributed by atoms with Crippen molar-refractivity contribution in [2.24, 2.45) is 17.8 Å². The lowest BCUT2D eigenvalue weighted by Crippen LogP contribution is -2.33. The van der Waals surface area contributed by atoms with Crippen LogP contribution in [-0.4, -0.2) is 22.7 Å². The van der Waals surface area contributed by atoms with E-state index in [1.54, 1.807) is 0 Å². The van der Waals surface area contributed by atoms with Gasteiger partial charge in [-0.2, -0.15) is 0 Å². The number of alkyl halides is 1. The van der Waals surface area contributed by atoms with Gasteiger partial charge in [0.25, 0.3) is 0 Å². The van der Waals surface area contributed by atoms with Gasteiger partial charge in [-0.25, -0.2) is 0 Å². The van der Waals surface area contributed by atoms with Crippen LogP contribution in [-0.2, 0) is 0 Å². The van der Waals surface area contributed by atoms with Gasteiger partial charge in [0, 0.05) is 12.8 Å². The molecule has 0 radical (unpaired) electrons. The minimum Gasteiger partial charge on any atom is -0.366 e. The number of hydrogen-bond donors (Lipinski definition) is 2. The molecule has 2 saturated carbocycles. The lowest BCUT2D eigenvalue weighted by atomic mass is 9.78. The van der Waals surface area contributed by atoms with Crippen LogP contribution in [0.3, 0.4) is 0 Å². The van der Waals surface area contributed by atoms with Crippen molar-refractivity contribution in [1.29, 1.82) is 0 Å². The molecule has 2 fully saturated rings. The van der Waals surface area contributed by atoms with Crippen LogP contribution in [0.15, 0.2) is 0 Å². The van der Waals surface area contributed by atoms with E-state index in [1.807, 2.05) is 0 Å². The highest BCUT2D eigenvalue weighted by Crippen LogP contribution is 2.35. The molecule has 0 atom stereocenters. The predicted molar refractivity (Wildman–Crippen MR) is 74.4 cm³/mol. The maximum absolute atomic E-state index is 12.5. The zero-order valence-corrected chi connectivity index (χ0v) is 12.0. The highest BCUT2D eigenvalue weighted by atomic mass is 19.1. The van der Waals surface area contributed by atoms with Crippen LogP contribution in [0.1, 0.15) is 70.6 Å². The Balaban J connectivity index is 1.55. The van der Waals surface area contributed by atoms with Crippen LogP contribution in [0.5, 0.6) is 0 Å². The van der Waals surface area contributed by atoms with Crippen molar-refractivity contribution in [3.63, 3.8) is 0 Å². The zero-order valence-electron chi connectivity index (χ0n) is 12.0. The molecule has 0 aromatic heterocycles.